The van der Waals surface area contributed by atoms with Gasteiger partial charge in [0.05, 0.1) is 5.60 Å². The molecular weight excluding hydrogens is 480 g/mol. The molecule has 1 unspecified atom stereocenters. The molecule has 194 valence electrons. The van der Waals surface area contributed by atoms with Crippen LogP contribution in [0, 0.1) is 0 Å². The molecule has 1 atom stereocenters. The van der Waals surface area contributed by atoms with E-state index in [9.17, 15) is 9.90 Å². The monoisotopic (exact) mass is 516 g/mol. The molecule has 1 amide bonds. The Labute approximate surface area is 225 Å². The molecule has 3 aromatic carbocycles. The number of hydrogen-bond donors (Lipinski definition) is 1. The lowest BCUT2D eigenvalue weighted by Gasteiger charge is -2.45. The van der Waals surface area contributed by atoms with Crippen LogP contribution in [0.15, 0.2) is 84.9 Å². The van der Waals surface area contributed by atoms with Crippen LogP contribution in [0.4, 0.5) is 0 Å². The molecule has 2 fully saturated rings. The van der Waals surface area contributed by atoms with Crippen LogP contribution in [0.2, 0.25) is 5.02 Å². The van der Waals surface area contributed by atoms with Gasteiger partial charge in [0.15, 0.2) is 0 Å². The van der Waals surface area contributed by atoms with E-state index in [2.05, 4.69) is 41.0 Å². The Kier molecular flexibility index (Phi) is 7.71. The van der Waals surface area contributed by atoms with E-state index in [1.54, 1.807) is 0 Å². The first-order valence-electron chi connectivity index (χ1n) is 13.6. The average Bonchev–Trinajstić information content (AvgIpc) is 3.48. The van der Waals surface area contributed by atoms with Crippen molar-refractivity contribution in [1.29, 1.82) is 0 Å². The fourth-order valence-corrected chi connectivity index (χ4v) is 6.45. The van der Waals surface area contributed by atoms with Crippen LogP contribution >= 0.6 is 11.6 Å². The third-order valence-electron chi connectivity index (χ3n) is 8.52. The summed E-state index contributed by atoms with van der Waals surface area (Å²) in [6, 6.07) is 28.4. The number of halogens is 1. The molecule has 37 heavy (non-hydrogen) atoms. The normalized spacial score (nSPS) is 19.1. The Hall–Kier alpha value is -2.66. The SMILES string of the molecule is CC(CC(C(=O)N1CCCC1)(c1ccccc1)c1ccccc1)N1CCC(O)(c2ccc(Cl)cc2)CC1. The molecule has 0 aromatic heterocycles. The van der Waals surface area contributed by atoms with Gasteiger partial charge in [0.25, 0.3) is 0 Å². The lowest BCUT2D eigenvalue weighted by Crippen LogP contribution is -2.52. The van der Waals surface area contributed by atoms with Crippen molar-refractivity contribution >= 4 is 17.5 Å². The van der Waals surface area contributed by atoms with Gasteiger partial charge in [-0.1, -0.05) is 84.4 Å². The first-order chi connectivity index (χ1) is 17.9. The van der Waals surface area contributed by atoms with Gasteiger partial charge in [0.2, 0.25) is 5.91 Å². The molecule has 4 nitrogen and oxygen atoms in total. The fourth-order valence-electron chi connectivity index (χ4n) is 6.33. The van der Waals surface area contributed by atoms with Crippen molar-refractivity contribution in [3.63, 3.8) is 0 Å². The zero-order chi connectivity index (χ0) is 25.9. The maximum atomic E-state index is 14.5. The van der Waals surface area contributed by atoms with Gasteiger partial charge in [-0.25, -0.2) is 0 Å². The van der Waals surface area contributed by atoms with Gasteiger partial charge in [0.1, 0.15) is 5.41 Å². The molecule has 5 rings (SSSR count). The third kappa shape index (κ3) is 5.20. The largest absolute Gasteiger partial charge is 0.385 e. The maximum absolute atomic E-state index is 14.5. The van der Waals surface area contributed by atoms with Gasteiger partial charge < -0.3 is 14.9 Å². The number of rotatable bonds is 7. The van der Waals surface area contributed by atoms with E-state index in [4.69, 9.17) is 11.6 Å². The lowest BCUT2D eigenvalue weighted by molar-refractivity contribution is -0.135. The Morgan fingerprint density at radius 3 is 1.89 bits per heavy atom. The summed E-state index contributed by atoms with van der Waals surface area (Å²) in [4.78, 5) is 19.0. The Bertz CT molecular complexity index is 1130. The van der Waals surface area contributed by atoms with Crippen LogP contribution in [0.3, 0.4) is 0 Å². The number of aliphatic hydroxyl groups is 1. The summed E-state index contributed by atoms with van der Waals surface area (Å²) in [6.07, 6.45) is 4.13. The fraction of sp³-hybridized carbons (Fsp3) is 0.406. The second kappa shape index (κ2) is 11.0. The summed E-state index contributed by atoms with van der Waals surface area (Å²) in [5, 5.41) is 12.1. The zero-order valence-electron chi connectivity index (χ0n) is 21.7. The number of likely N-dealkylation sites (tertiary alicyclic amines) is 2. The molecule has 3 aromatic rings. The highest BCUT2D eigenvalue weighted by Gasteiger charge is 2.47. The number of benzene rings is 3. The molecule has 5 heteroatoms. The van der Waals surface area contributed by atoms with Crippen molar-refractivity contribution in [1.82, 2.24) is 9.80 Å². The molecule has 1 N–H and O–H groups in total. The molecule has 0 aliphatic carbocycles. The summed E-state index contributed by atoms with van der Waals surface area (Å²) < 4.78 is 0. The second-order valence-electron chi connectivity index (χ2n) is 10.8. The van der Waals surface area contributed by atoms with Gasteiger partial charge in [-0.15, -0.1) is 0 Å². The van der Waals surface area contributed by atoms with Crippen LogP contribution < -0.4 is 0 Å². The van der Waals surface area contributed by atoms with E-state index in [0.29, 0.717) is 24.3 Å². The first-order valence-corrected chi connectivity index (χ1v) is 13.9. The number of hydrogen-bond acceptors (Lipinski definition) is 3. The lowest BCUT2D eigenvalue weighted by atomic mass is 9.69. The van der Waals surface area contributed by atoms with Crippen molar-refractivity contribution in [2.45, 2.75) is 56.1 Å². The maximum Gasteiger partial charge on any atom is 0.237 e. The van der Waals surface area contributed by atoms with Gasteiger partial charge >= 0.3 is 0 Å². The van der Waals surface area contributed by atoms with Crippen molar-refractivity contribution in [2.75, 3.05) is 26.2 Å². The molecule has 2 aliphatic heterocycles. The van der Waals surface area contributed by atoms with Crippen molar-refractivity contribution in [2.24, 2.45) is 0 Å². The van der Waals surface area contributed by atoms with Gasteiger partial charge in [-0.05, 0) is 67.9 Å². The van der Waals surface area contributed by atoms with Crippen LogP contribution in [0.1, 0.15) is 55.7 Å². The summed E-state index contributed by atoms with van der Waals surface area (Å²) in [7, 11) is 0. The first kappa shape index (κ1) is 26.0. The Balaban J connectivity index is 1.44. The topological polar surface area (TPSA) is 43.8 Å². The second-order valence-corrected chi connectivity index (χ2v) is 11.2. The highest BCUT2D eigenvalue weighted by Crippen LogP contribution is 2.42. The van der Waals surface area contributed by atoms with Crippen LogP contribution in [-0.2, 0) is 15.8 Å². The van der Waals surface area contributed by atoms with E-state index >= 15 is 0 Å². The molecule has 2 heterocycles. The summed E-state index contributed by atoms with van der Waals surface area (Å²) >= 11 is 6.08. The quantitative estimate of drug-likeness (QED) is 0.418. The Morgan fingerprint density at radius 2 is 1.38 bits per heavy atom. The van der Waals surface area contributed by atoms with E-state index in [1.807, 2.05) is 60.7 Å². The molecule has 2 saturated heterocycles. The van der Waals surface area contributed by atoms with E-state index in [0.717, 1.165) is 55.7 Å². The summed E-state index contributed by atoms with van der Waals surface area (Å²) in [5.41, 5.74) is 1.44. The number of amides is 1. The molecule has 0 radical (unpaired) electrons. The highest BCUT2D eigenvalue weighted by atomic mass is 35.5. The number of carbonyl (C=O) groups is 1. The molecule has 2 aliphatic rings. The van der Waals surface area contributed by atoms with Crippen molar-refractivity contribution in [3.8, 4) is 0 Å². The zero-order valence-corrected chi connectivity index (χ0v) is 22.4. The summed E-state index contributed by atoms with van der Waals surface area (Å²) in [6.45, 7) is 5.44. The molecular formula is C32H37ClN2O2. The van der Waals surface area contributed by atoms with Crippen LogP contribution in [0.25, 0.3) is 0 Å². The standard InChI is InChI=1S/C32H37ClN2O2/c1-25(34-22-18-31(37,19-23-34)26-14-16-29(33)17-15-26)24-32(27-10-4-2-5-11-27,28-12-6-3-7-13-28)30(36)35-20-8-9-21-35/h2-7,10-17,25,37H,8-9,18-24H2,1H3. The van der Waals surface area contributed by atoms with E-state index in [-0.39, 0.29) is 11.9 Å². The third-order valence-corrected chi connectivity index (χ3v) is 8.78. The number of nitrogens with zero attached hydrogens (tertiary/aromatic N) is 2. The minimum atomic E-state index is -0.845. The van der Waals surface area contributed by atoms with Crippen LogP contribution in [-0.4, -0.2) is 53.0 Å². The number of piperidine rings is 1. The van der Waals surface area contributed by atoms with Gasteiger partial charge in [-0.3, -0.25) is 4.79 Å². The smallest absolute Gasteiger partial charge is 0.237 e. The van der Waals surface area contributed by atoms with Crippen molar-refractivity contribution < 1.29 is 9.90 Å². The predicted octanol–water partition coefficient (Wildman–Crippen LogP) is 6.01. The minimum Gasteiger partial charge on any atom is -0.385 e. The predicted molar refractivity (Wildman–Crippen MR) is 150 cm³/mol. The average molecular weight is 517 g/mol. The number of carbonyl (C=O) groups excluding carboxylic acids is 1. The minimum absolute atomic E-state index is 0.154. The summed E-state index contributed by atoms with van der Waals surface area (Å²) in [5.74, 6) is 0.212. The van der Waals surface area contributed by atoms with Crippen LogP contribution in [0.5, 0.6) is 0 Å². The molecule has 0 saturated carbocycles. The molecule has 0 bridgehead atoms. The highest BCUT2D eigenvalue weighted by molar-refractivity contribution is 6.30. The van der Waals surface area contributed by atoms with E-state index in [1.165, 1.54) is 0 Å². The Morgan fingerprint density at radius 1 is 0.865 bits per heavy atom. The van der Waals surface area contributed by atoms with E-state index < -0.39 is 11.0 Å². The van der Waals surface area contributed by atoms with Crippen molar-refractivity contribution in [3.05, 3.63) is 107 Å². The molecule has 0 spiro atoms. The van der Waals surface area contributed by atoms with Gasteiger partial charge in [-0.2, -0.15) is 0 Å². The van der Waals surface area contributed by atoms with Gasteiger partial charge in [0, 0.05) is 37.2 Å².